The van der Waals surface area contributed by atoms with Crippen molar-refractivity contribution in [2.45, 2.75) is 19.4 Å². The highest BCUT2D eigenvalue weighted by Gasteiger charge is 2.28. The molecule has 1 heterocycles. The Labute approximate surface area is 104 Å². The van der Waals surface area contributed by atoms with Crippen LogP contribution >= 0.6 is 0 Å². The van der Waals surface area contributed by atoms with Crippen molar-refractivity contribution in [1.82, 2.24) is 4.90 Å². The van der Waals surface area contributed by atoms with Crippen molar-refractivity contribution < 1.29 is 4.74 Å². The number of nitrogens with zero attached hydrogens (tertiary/aromatic N) is 1. The number of hydrogen-bond acceptors (Lipinski definition) is 3. The average molecular weight is 234 g/mol. The Balaban J connectivity index is 2.38. The third kappa shape index (κ3) is 2.31. The highest BCUT2D eigenvalue weighted by molar-refractivity contribution is 5.39. The van der Waals surface area contributed by atoms with Gasteiger partial charge in [-0.25, -0.2) is 0 Å². The number of likely N-dealkylation sites (N-methyl/N-ethyl adjacent to an activating group) is 1. The maximum absolute atomic E-state index is 5.83. The Morgan fingerprint density at radius 3 is 2.94 bits per heavy atom. The first-order valence-corrected chi connectivity index (χ1v) is 6.24. The second kappa shape index (κ2) is 5.07. The van der Waals surface area contributed by atoms with Gasteiger partial charge in [0, 0.05) is 12.6 Å². The number of ether oxygens (including phenoxy) is 1. The van der Waals surface area contributed by atoms with Gasteiger partial charge in [0.2, 0.25) is 0 Å². The minimum atomic E-state index is 0.439. The molecule has 0 radical (unpaired) electrons. The summed E-state index contributed by atoms with van der Waals surface area (Å²) in [5, 5.41) is 0. The lowest BCUT2D eigenvalue weighted by Crippen LogP contribution is -2.38. The van der Waals surface area contributed by atoms with E-state index >= 15 is 0 Å². The molecule has 1 aromatic carbocycles. The van der Waals surface area contributed by atoms with Gasteiger partial charge in [-0.1, -0.05) is 13.0 Å². The van der Waals surface area contributed by atoms with Gasteiger partial charge < -0.3 is 10.5 Å². The molecule has 3 heteroatoms. The Morgan fingerprint density at radius 2 is 2.29 bits per heavy atom. The Hall–Kier alpha value is -1.06. The standard InChI is InChI=1S/C14H22N2O/c1-10(9-15)14-13-5-4-12(17-3)8-11(13)6-7-16(14)2/h4-5,8,10,14H,6-7,9,15H2,1-3H3. The average Bonchev–Trinajstić information content (AvgIpc) is 2.37. The van der Waals surface area contributed by atoms with E-state index in [-0.39, 0.29) is 0 Å². The maximum atomic E-state index is 5.83. The number of nitrogens with two attached hydrogens (primary N) is 1. The Bertz CT molecular complexity index is 392. The van der Waals surface area contributed by atoms with Crippen molar-refractivity contribution >= 4 is 0 Å². The molecule has 17 heavy (non-hydrogen) atoms. The largest absolute Gasteiger partial charge is 0.497 e. The number of methoxy groups -OCH3 is 1. The normalized spacial score (nSPS) is 22.0. The molecule has 0 aliphatic carbocycles. The predicted molar refractivity (Wildman–Crippen MR) is 70.3 cm³/mol. The zero-order valence-corrected chi connectivity index (χ0v) is 10.9. The van der Waals surface area contributed by atoms with E-state index in [4.69, 9.17) is 10.5 Å². The molecule has 0 aromatic heterocycles. The van der Waals surface area contributed by atoms with E-state index in [0.29, 0.717) is 12.0 Å². The summed E-state index contributed by atoms with van der Waals surface area (Å²) >= 11 is 0. The monoisotopic (exact) mass is 234 g/mol. The van der Waals surface area contributed by atoms with Gasteiger partial charge in [-0.2, -0.15) is 0 Å². The number of benzene rings is 1. The van der Waals surface area contributed by atoms with Crippen molar-refractivity contribution in [1.29, 1.82) is 0 Å². The summed E-state index contributed by atoms with van der Waals surface area (Å²) in [7, 11) is 3.90. The van der Waals surface area contributed by atoms with E-state index in [1.807, 2.05) is 6.07 Å². The van der Waals surface area contributed by atoms with Crippen LogP contribution in [0.15, 0.2) is 18.2 Å². The molecule has 94 valence electrons. The lowest BCUT2D eigenvalue weighted by Gasteiger charge is -2.38. The van der Waals surface area contributed by atoms with E-state index in [0.717, 1.165) is 25.3 Å². The molecule has 0 saturated heterocycles. The van der Waals surface area contributed by atoms with Crippen LogP contribution < -0.4 is 10.5 Å². The number of fused-ring (bicyclic) bond motifs is 1. The lowest BCUT2D eigenvalue weighted by atomic mass is 9.85. The molecule has 0 spiro atoms. The molecular formula is C14H22N2O. The summed E-state index contributed by atoms with van der Waals surface area (Å²) in [5.41, 5.74) is 8.65. The van der Waals surface area contributed by atoms with Gasteiger partial charge >= 0.3 is 0 Å². The van der Waals surface area contributed by atoms with Crippen molar-refractivity contribution in [3.05, 3.63) is 29.3 Å². The van der Waals surface area contributed by atoms with Gasteiger partial charge in [0.15, 0.2) is 0 Å². The second-order valence-electron chi connectivity index (χ2n) is 4.95. The summed E-state index contributed by atoms with van der Waals surface area (Å²) in [6, 6.07) is 6.85. The van der Waals surface area contributed by atoms with E-state index in [9.17, 15) is 0 Å². The van der Waals surface area contributed by atoms with Crippen LogP contribution in [0.25, 0.3) is 0 Å². The SMILES string of the molecule is COc1ccc2c(c1)CCN(C)C2C(C)CN. The second-order valence-corrected chi connectivity index (χ2v) is 4.95. The van der Waals surface area contributed by atoms with Gasteiger partial charge in [0.1, 0.15) is 5.75 Å². The predicted octanol–water partition coefficient (Wildman–Crippen LogP) is 1.82. The number of rotatable bonds is 3. The van der Waals surface area contributed by atoms with Crippen molar-refractivity contribution in [3.63, 3.8) is 0 Å². The van der Waals surface area contributed by atoms with E-state index in [2.05, 4.69) is 31.0 Å². The molecule has 1 aliphatic heterocycles. The maximum Gasteiger partial charge on any atom is 0.119 e. The minimum Gasteiger partial charge on any atom is -0.497 e. The first-order chi connectivity index (χ1) is 8.17. The fourth-order valence-electron chi connectivity index (χ4n) is 2.76. The van der Waals surface area contributed by atoms with E-state index in [1.165, 1.54) is 11.1 Å². The third-order valence-electron chi connectivity index (χ3n) is 3.79. The molecule has 0 saturated carbocycles. The summed E-state index contributed by atoms with van der Waals surface area (Å²) in [5.74, 6) is 1.43. The summed E-state index contributed by atoms with van der Waals surface area (Å²) in [4.78, 5) is 2.41. The van der Waals surface area contributed by atoms with Crippen LogP contribution in [-0.2, 0) is 6.42 Å². The molecule has 2 rings (SSSR count). The highest BCUT2D eigenvalue weighted by atomic mass is 16.5. The van der Waals surface area contributed by atoms with E-state index < -0.39 is 0 Å². The molecule has 1 aromatic rings. The Kier molecular flexibility index (Phi) is 3.69. The van der Waals surface area contributed by atoms with Crippen molar-refractivity contribution in [3.8, 4) is 5.75 Å². The molecule has 0 amide bonds. The van der Waals surface area contributed by atoms with Gasteiger partial charge in [0.05, 0.1) is 7.11 Å². The molecule has 2 N–H and O–H groups in total. The summed E-state index contributed by atoms with van der Waals surface area (Å²) < 4.78 is 5.29. The fraction of sp³-hybridized carbons (Fsp3) is 0.571. The quantitative estimate of drug-likeness (QED) is 0.867. The van der Waals surface area contributed by atoms with Crippen molar-refractivity contribution in [2.75, 3.05) is 27.2 Å². The molecule has 2 atom stereocenters. The Morgan fingerprint density at radius 1 is 1.53 bits per heavy atom. The fourth-order valence-corrected chi connectivity index (χ4v) is 2.76. The molecule has 0 fully saturated rings. The van der Waals surface area contributed by atoms with Gasteiger partial charge in [-0.15, -0.1) is 0 Å². The lowest BCUT2D eigenvalue weighted by molar-refractivity contribution is 0.175. The van der Waals surface area contributed by atoms with Crippen LogP contribution in [0.2, 0.25) is 0 Å². The van der Waals surface area contributed by atoms with E-state index in [1.54, 1.807) is 7.11 Å². The molecular weight excluding hydrogens is 212 g/mol. The van der Waals surface area contributed by atoms with Crippen LogP contribution in [0.5, 0.6) is 5.75 Å². The minimum absolute atomic E-state index is 0.439. The topological polar surface area (TPSA) is 38.5 Å². The van der Waals surface area contributed by atoms with Gasteiger partial charge in [0.25, 0.3) is 0 Å². The molecule has 2 unspecified atom stereocenters. The summed E-state index contributed by atoms with van der Waals surface area (Å²) in [6.45, 7) is 4.04. The first kappa shape index (κ1) is 12.4. The van der Waals surface area contributed by atoms with Gasteiger partial charge in [-0.05, 0) is 49.2 Å². The van der Waals surface area contributed by atoms with Crippen LogP contribution in [-0.4, -0.2) is 32.1 Å². The smallest absolute Gasteiger partial charge is 0.119 e. The zero-order valence-electron chi connectivity index (χ0n) is 10.9. The zero-order chi connectivity index (χ0) is 12.4. The van der Waals surface area contributed by atoms with Crippen LogP contribution in [0.3, 0.4) is 0 Å². The number of hydrogen-bond donors (Lipinski definition) is 1. The third-order valence-corrected chi connectivity index (χ3v) is 3.79. The van der Waals surface area contributed by atoms with Gasteiger partial charge in [-0.3, -0.25) is 4.90 Å². The van der Waals surface area contributed by atoms with Crippen LogP contribution in [0, 0.1) is 5.92 Å². The molecule has 3 nitrogen and oxygen atoms in total. The van der Waals surface area contributed by atoms with Crippen molar-refractivity contribution in [2.24, 2.45) is 11.7 Å². The summed E-state index contributed by atoms with van der Waals surface area (Å²) in [6.07, 6.45) is 1.09. The molecule has 1 aliphatic rings. The molecule has 0 bridgehead atoms. The highest BCUT2D eigenvalue weighted by Crippen LogP contribution is 2.35. The van der Waals surface area contributed by atoms with Crippen LogP contribution in [0.4, 0.5) is 0 Å². The van der Waals surface area contributed by atoms with Crippen LogP contribution in [0.1, 0.15) is 24.1 Å². The first-order valence-electron chi connectivity index (χ1n) is 6.24.